The van der Waals surface area contributed by atoms with Crippen molar-refractivity contribution in [1.82, 2.24) is 4.44 Å². The summed E-state index contributed by atoms with van der Waals surface area (Å²) in [6, 6.07) is 45.5. The van der Waals surface area contributed by atoms with Crippen molar-refractivity contribution in [2.45, 2.75) is 31.7 Å². The molecule has 0 aliphatic heterocycles. The lowest BCUT2D eigenvalue weighted by Crippen LogP contribution is -2.37. The van der Waals surface area contributed by atoms with E-state index in [0.29, 0.717) is 6.04 Å². The van der Waals surface area contributed by atoms with Crippen LogP contribution in [0.25, 0.3) is 0 Å². The first-order valence-electron chi connectivity index (χ1n) is 11.5. The molecule has 0 radical (unpaired) electrons. The van der Waals surface area contributed by atoms with Crippen LogP contribution < -0.4 is 21.2 Å². The second-order valence-electron chi connectivity index (χ2n) is 8.22. The van der Waals surface area contributed by atoms with Gasteiger partial charge in [-0.25, -0.2) is 4.44 Å². The van der Waals surface area contributed by atoms with E-state index in [9.17, 15) is 0 Å². The third kappa shape index (κ3) is 4.72. The second-order valence-corrected chi connectivity index (χ2v) is 12.7. The van der Waals surface area contributed by atoms with Crippen LogP contribution in [0.15, 0.2) is 121 Å². The highest BCUT2D eigenvalue weighted by Gasteiger charge is 2.37. The Morgan fingerprint density at radius 2 is 0.719 bits per heavy atom. The standard InChI is InChI=1S/C29H29NP2/c1-5-17-26(18-6-1)31(27-19-7-2-8-20-27)30(25-15-13-14-16-25)32(28-21-9-3-10-22-28)29-23-11-4-12-24-29/h1-12,17-25H,13-16H2. The predicted molar refractivity (Wildman–Crippen MR) is 142 cm³/mol. The van der Waals surface area contributed by atoms with Crippen LogP contribution in [0.2, 0.25) is 0 Å². The van der Waals surface area contributed by atoms with Crippen LogP contribution in [0, 0.1) is 0 Å². The first kappa shape index (κ1) is 21.5. The summed E-state index contributed by atoms with van der Waals surface area (Å²) >= 11 is 0. The summed E-state index contributed by atoms with van der Waals surface area (Å²) in [7, 11) is -1.30. The zero-order valence-electron chi connectivity index (χ0n) is 18.3. The maximum atomic E-state index is 2.95. The Labute approximate surface area is 194 Å². The van der Waals surface area contributed by atoms with Crippen molar-refractivity contribution in [2.24, 2.45) is 0 Å². The molecule has 5 rings (SSSR count). The van der Waals surface area contributed by atoms with Gasteiger partial charge in [0.05, 0.1) is 0 Å². The molecule has 1 aliphatic rings. The lowest BCUT2D eigenvalue weighted by molar-refractivity contribution is 0.510. The van der Waals surface area contributed by atoms with Crippen molar-refractivity contribution in [3.63, 3.8) is 0 Å². The molecule has 4 aromatic rings. The lowest BCUT2D eigenvalue weighted by atomic mass is 10.3. The van der Waals surface area contributed by atoms with Gasteiger partial charge in [0.2, 0.25) is 0 Å². The molecule has 3 heteroatoms. The highest BCUT2D eigenvalue weighted by molar-refractivity contribution is 7.84. The Morgan fingerprint density at radius 3 is 1.00 bits per heavy atom. The number of benzene rings is 4. The van der Waals surface area contributed by atoms with Gasteiger partial charge in [0.1, 0.15) is 0 Å². The Balaban J connectivity index is 1.72. The summed E-state index contributed by atoms with van der Waals surface area (Å²) in [4.78, 5) is 0. The van der Waals surface area contributed by atoms with E-state index < -0.39 is 16.1 Å². The van der Waals surface area contributed by atoms with Gasteiger partial charge in [-0.3, -0.25) is 0 Å². The van der Waals surface area contributed by atoms with Crippen molar-refractivity contribution in [1.29, 1.82) is 0 Å². The van der Waals surface area contributed by atoms with Gasteiger partial charge in [-0.2, -0.15) is 0 Å². The Hall–Kier alpha value is -2.30. The molecule has 160 valence electrons. The quantitative estimate of drug-likeness (QED) is 0.296. The van der Waals surface area contributed by atoms with Crippen molar-refractivity contribution < 1.29 is 0 Å². The summed E-state index contributed by atoms with van der Waals surface area (Å²) in [5.74, 6) is 0. The molecule has 0 spiro atoms. The molecule has 1 aliphatic carbocycles. The van der Waals surface area contributed by atoms with E-state index in [1.165, 1.54) is 46.9 Å². The summed E-state index contributed by atoms with van der Waals surface area (Å²) in [6.45, 7) is 0. The molecule has 0 N–H and O–H groups in total. The minimum absolute atomic E-state index is 0.605. The van der Waals surface area contributed by atoms with Gasteiger partial charge in [-0.15, -0.1) is 0 Å². The molecule has 0 bridgehead atoms. The Kier molecular flexibility index (Phi) is 7.10. The van der Waals surface area contributed by atoms with Crippen LogP contribution in [-0.4, -0.2) is 10.5 Å². The van der Waals surface area contributed by atoms with Gasteiger partial charge in [0, 0.05) is 22.2 Å². The van der Waals surface area contributed by atoms with E-state index in [-0.39, 0.29) is 0 Å². The monoisotopic (exact) mass is 453 g/mol. The predicted octanol–water partition coefficient (Wildman–Crippen LogP) is 6.33. The fraction of sp³-hybridized carbons (Fsp3) is 0.172. The van der Waals surface area contributed by atoms with Crippen molar-refractivity contribution in [3.05, 3.63) is 121 Å². The van der Waals surface area contributed by atoms with Gasteiger partial charge < -0.3 is 0 Å². The van der Waals surface area contributed by atoms with Crippen LogP contribution in [0.5, 0.6) is 0 Å². The molecule has 0 amide bonds. The highest BCUT2D eigenvalue weighted by atomic mass is 31.2. The number of rotatable bonds is 7. The van der Waals surface area contributed by atoms with Crippen LogP contribution in [-0.2, 0) is 0 Å². The molecule has 1 saturated carbocycles. The molecular weight excluding hydrogens is 424 g/mol. The van der Waals surface area contributed by atoms with Crippen LogP contribution in [0.3, 0.4) is 0 Å². The molecule has 0 heterocycles. The van der Waals surface area contributed by atoms with E-state index >= 15 is 0 Å². The molecule has 32 heavy (non-hydrogen) atoms. The Bertz CT molecular complexity index is 919. The number of nitrogens with zero attached hydrogens (tertiary/aromatic N) is 1. The topological polar surface area (TPSA) is 3.24 Å². The van der Waals surface area contributed by atoms with E-state index in [0.717, 1.165) is 0 Å². The van der Waals surface area contributed by atoms with E-state index in [1.54, 1.807) is 0 Å². The zero-order valence-corrected chi connectivity index (χ0v) is 20.1. The van der Waals surface area contributed by atoms with Crippen LogP contribution >= 0.6 is 16.1 Å². The fourth-order valence-electron chi connectivity index (χ4n) is 4.60. The largest absolute Gasteiger partial charge is 0.242 e. The van der Waals surface area contributed by atoms with Gasteiger partial charge in [0.25, 0.3) is 0 Å². The summed E-state index contributed by atoms with van der Waals surface area (Å²) in [5.41, 5.74) is 0. The van der Waals surface area contributed by atoms with Crippen molar-refractivity contribution in [3.8, 4) is 0 Å². The molecule has 0 aromatic heterocycles. The normalized spacial score (nSPS) is 14.5. The van der Waals surface area contributed by atoms with Gasteiger partial charge in [-0.05, 0) is 34.1 Å². The summed E-state index contributed by atoms with van der Waals surface area (Å²) in [5, 5.41) is 5.78. The fourth-order valence-corrected chi connectivity index (χ4v) is 11.0. The first-order chi connectivity index (χ1) is 15.9. The average Bonchev–Trinajstić information content (AvgIpc) is 3.41. The van der Waals surface area contributed by atoms with E-state index in [4.69, 9.17) is 0 Å². The smallest absolute Gasteiger partial charge is 0.0325 e. The molecule has 0 unspecified atom stereocenters. The molecule has 0 saturated heterocycles. The molecule has 1 nitrogen and oxygen atoms in total. The number of hydrogen-bond donors (Lipinski definition) is 0. The molecule has 1 fully saturated rings. The third-order valence-electron chi connectivity index (χ3n) is 6.06. The minimum atomic E-state index is -0.650. The SMILES string of the molecule is c1ccc(P(c2ccccc2)N(C2CCCC2)P(c2ccccc2)c2ccccc2)cc1. The van der Waals surface area contributed by atoms with Gasteiger partial charge in [0.15, 0.2) is 0 Å². The highest BCUT2D eigenvalue weighted by Crippen LogP contribution is 2.58. The van der Waals surface area contributed by atoms with Gasteiger partial charge in [-0.1, -0.05) is 134 Å². The van der Waals surface area contributed by atoms with Crippen LogP contribution in [0.4, 0.5) is 0 Å². The minimum Gasteiger partial charge on any atom is -0.242 e. The lowest BCUT2D eigenvalue weighted by Gasteiger charge is -2.43. The molecular formula is C29H29NP2. The zero-order chi connectivity index (χ0) is 21.6. The van der Waals surface area contributed by atoms with Crippen LogP contribution in [0.1, 0.15) is 25.7 Å². The first-order valence-corrected chi connectivity index (χ1v) is 14.1. The third-order valence-corrected chi connectivity index (χ3v) is 11.8. The summed E-state index contributed by atoms with van der Waals surface area (Å²) < 4.78 is 2.95. The molecule has 4 aromatic carbocycles. The maximum Gasteiger partial charge on any atom is 0.0325 e. The summed E-state index contributed by atoms with van der Waals surface area (Å²) in [6.07, 6.45) is 5.25. The Morgan fingerprint density at radius 1 is 0.438 bits per heavy atom. The average molecular weight is 454 g/mol. The van der Waals surface area contributed by atoms with Gasteiger partial charge >= 0.3 is 0 Å². The van der Waals surface area contributed by atoms with E-state index in [1.807, 2.05) is 0 Å². The maximum absolute atomic E-state index is 2.95. The second kappa shape index (κ2) is 10.5. The van der Waals surface area contributed by atoms with Crippen molar-refractivity contribution in [2.75, 3.05) is 0 Å². The van der Waals surface area contributed by atoms with Crippen molar-refractivity contribution >= 4 is 37.4 Å². The van der Waals surface area contributed by atoms with E-state index in [2.05, 4.69) is 126 Å². The molecule has 0 atom stereocenters. The number of hydrogen-bond acceptors (Lipinski definition) is 1.